The van der Waals surface area contributed by atoms with E-state index in [2.05, 4.69) is 51.1 Å². The Morgan fingerprint density at radius 3 is 1.87 bits per heavy atom. The van der Waals surface area contributed by atoms with Crippen molar-refractivity contribution in [3.05, 3.63) is 136 Å². The molecule has 13 heteroatoms. The largest absolute Gasteiger partial charge is 0.507 e. The predicted octanol–water partition coefficient (Wildman–Crippen LogP) is 10.7. The second-order valence-electron chi connectivity index (χ2n) is 17.7. The van der Waals surface area contributed by atoms with Crippen molar-refractivity contribution >= 4 is 42.3 Å². The first kappa shape index (κ1) is 45.1. The van der Waals surface area contributed by atoms with Gasteiger partial charge in [0, 0.05) is 5.92 Å². The van der Waals surface area contributed by atoms with Crippen LogP contribution in [0.15, 0.2) is 108 Å². The van der Waals surface area contributed by atoms with E-state index in [9.17, 15) is 41.0 Å². The van der Waals surface area contributed by atoms with E-state index >= 15 is 0 Å². The molecule has 4 aromatic rings. The number of carbonyl (C=O) groups excluding carboxylic acids is 2. The number of alkyl halides is 6. The molecule has 0 aromatic heterocycles. The van der Waals surface area contributed by atoms with E-state index in [1.165, 1.54) is 0 Å². The van der Waals surface area contributed by atoms with Gasteiger partial charge in [0.15, 0.2) is 0 Å². The molecular weight excluding hydrogens is 825 g/mol. The highest BCUT2D eigenvalue weighted by molar-refractivity contribution is 6.99. The molecule has 62 heavy (non-hydrogen) atoms. The molecule has 2 heterocycles. The number of halogens is 6. The molecule has 4 aromatic carbocycles. The van der Waals surface area contributed by atoms with Crippen molar-refractivity contribution in [1.29, 1.82) is 0 Å². The third-order valence-corrected chi connectivity index (χ3v) is 17.8. The monoisotopic (exact) mass is 875 g/mol. The third kappa shape index (κ3) is 8.43. The quantitative estimate of drug-likeness (QED) is 0.0703. The number of carbonyl (C=O) groups is 2. The first-order valence-corrected chi connectivity index (χ1v) is 22.8. The molecule has 4 atom stereocenters. The fourth-order valence-corrected chi connectivity index (χ4v) is 14.4. The molecule has 0 saturated carbocycles. The average molecular weight is 876 g/mol. The van der Waals surface area contributed by atoms with Gasteiger partial charge >= 0.3 is 12.4 Å². The lowest BCUT2D eigenvalue weighted by molar-refractivity contribution is -0.143. The van der Waals surface area contributed by atoms with Crippen molar-refractivity contribution in [2.45, 2.75) is 90.7 Å². The number of aromatic hydroxyl groups is 1. The number of anilines is 1. The minimum absolute atomic E-state index is 0.0140. The molecule has 2 saturated heterocycles. The summed E-state index contributed by atoms with van der Waals surface area (Å²) < 4.78 is 98.0. The summed E-state index contributed by atoms with van der Waals surface area (Å²) in [6.45, 7) is 12.2. The first-order valence-electron chi connectivity index (χ1n) is 20.9. The summed E-state index contributed by atoms with van der Waals surface area (Å²) in [4.78, 5) is 29.4. The molecule has 1 N–H and O–H groups in total. The predicted molar refractivity (Wildman–Crippen MR) is 229 cm³/mol. The van der Waals surface area contributed by atoms with Gasteiger partial charge in [0.2, 0.25) is 11.8 Å². The Bertz CT molecular complexity index is 2310. The maximum Gasteiger partial charge on any atom is 0.416 e. The lowest BCUT2D eigenvalue weighted by Gasteiger charge is -2.44. The number of amides is 2. The number of aryl methyl sites for hydroxylation is 2. The molecule has 328 valence electrons. The number of nitrogens with zero attached hydrogens (tertiary/aromatic N) is 1. The Kier molecular flexibility index (Phi) is 12.3. The Hall–Kier alpha value is -4.98. The van der Waals surface area contributed by atoms with Gasteiger partial charge in [0.05, 0.1) is 48.0 Å². The minimum atomic E-state index is -5.17. The Balaban J connectivity index is 1.30. The van der Waals surface area contributed by atoms with Gasteiger partial charge in [0.25, 0.3) is 8.32 Å². The SMILES string of the molecule is CC/C(=C\c1cc(C)c(O)c(C)c1)CC[C@H]1OC[C@H]2C1=C(CO[Si](c1ccccc1)(c1ccccc1)C(C)(C)C)C[C@H]1C(=O)N(c3cc(C(F)(F)F)cc(C(F)(F)F)c3)C(=O)[C@H]12. The van der Waals surface area contributed by atoms with Crippen molar-refractivity contribution in [2.75, 3.05) is 18.1 Å². The number of phenolic OH excluding ortho intramolecular Hbond substituents is 1. The molecule has 7 rings (SSSR count). The van der Waals surface area contributed by atoms with Crippen LogP contribution >= 0.6 is 0 Å². The fourth-order valence-electron chi connectivity index (χ4n) is 9.86. The summed E-state index contributed by atoms with van der Waals surface area (Å²) >= 11 is 0. The molecular formula is C49H51F6NO5Si. The summed E-state index contributed by atoms with van der Waals surface area (Å²) in [7, 11) is -3.15. The summed E-state index contributed by atoms with van der Waals surface area (Å²) in [6, 6.07) is 24.7. The zero-order valence-corrected chi connectivity index (χ0v) is 36.6. The van der Waals surface area contributed by atoms with Gasteiger partial charge in [-0.15, -0.1) is 0 Å². The van der Waals surface area contributed by atoms with E-state index in [0.29, 0.717) is 29.9 Å². The molecule has 2 aliphatic heterocycles. The van der Waals surface area contributed by atoms with E-state index in [1.807, 2.05) is 69.3 Å². The van der Waals surface area contributed by atoms with Gasteiger partial charge in [-0.2, -0.15) is 26.3 Å². The molecule has 0 spiro atoms. The Morgan fingerprint density at radius 2 is 1.37 bits per heavy atom. The maximum absolute atomic E-state index is 14.5. The number of rotatable bonds is 11. The van der Waals surface area contributed by atoms with E-state index in [0.717, 1.165) is 50.2 Å². The number of allylic oxidation sites excluding steroid dienone is 1. The number of benzene rings is 4. The van der Waals surface area contributed by atoms with Crippen LogP contribution in [-0.2, 0) is 31.1 Å². The fraction of sp³-hybridized carbons (Fsp3) is 0.388. The molecule has 3 aliphatic rings. The van der Waals surface area contributed by atoms with Crippen LogP contribution in [0.25, 0.3) is 6.08 Å². The summed E-state index contributed by atoms with van der Waals surface area (Å²) in [5.41, 5.74) is 1.13. The Morgan fingerprint density at radius 1 is 0.823 bits per heavy atom. The first-order chi connectivity index (χ1) is 29.2. The van der Waals surface area contributed by atoms with E-state index in [-0.39, 0.29) is 31.5 Å². The summed E-state index contributed by atoms with van der Waals surface area (Å²) in [5, 5.41) is 12.0. The molecule has 0 unspecified atom stereocenters. The highest BCUT2D eigenvalue weighted by atomic mass is 28.4. The zero-order valence-electron chi connectivity index (χ0n) is 35.6. The molecule has 0 bridgehead atoms. The van der Waals surface area contributed by atoms with Gasteiger partial charge in [-0.05, 0) is 113 Å². The molecule has 0 radical (unpaired) electrons. The molecule has 2 amide bonds. The number of phenols is 1. The molecule has 2 fully saturated rings. The van der Waals surface area contributed by atoms with E-state index < -0.39 is 78.2 Å². The standard InChI is InChI=1S/C49H51F6NO5Si/c1-7-31(22-32-20-29(2)44(57)30(3)21-32)18-19-41-42-33(27-61-62(47(4,5)6,37-14-10-8-11-15-37)38-16-12-9-13-17-38)23-39-43(40(42)28-60-41)46(59)56(45(39)58)36-25-34(48(50,51)52)24-35(26-36)49(53,54)55/h8-17,20-22,24-26,39-41,43,57H,7,18-19,23,27-28H2,1-6H3/b31-22+/t39-,40+,41-,43-/m1/s1. The van der Waals surface area contributed by atoms with Crippen LogP contribution in [0.3, 0.4) is 0 Å². The second-order valence-corrected chi connectivity index (χ2v) is 22.1. The van der Waals surface area contributed by atoms with Gasteiger partial charge in [-0.3, -0.25) is 9.59 Å². The van der Waals surface area contributed by atoms with Crippen LogP contribution in [0.5, 0.6) is 5.75 Å². The van der Waals surface area contributed by atoms with Gasteiger partial charge < -0.3 is 14.3 Å². The van der Waals surface area contributed by atoms with Crippen molar-refractivity contribution in [1.82, 2.24) is 0 Å². The van der Waals surface area contributed by atoms with Crippen LogP contribution in [-0.4, -0.2) is 44.6 Å². The normalized spacial score (nSPS) is 21.2. The number of imide groups is 1. The van der Waals surface area contributed by atoms with Crippen molar-refractivity contribution < 1.29 is 50.2 Å². The van der Waals surface area contributed by atoms with Crippen LogP contribution < -0.4 is 15.3 Å². The smallest absolute Gasteiger partial charge is 0.416 e. The molecule has 6 nitrogen and oxygen atoms in total. The van der Waals surface area contributed by atoms with Crippen LogP contribution in [0.2, 0.25) is 5.04 Å². The average Bonchev–Trinajstić information content (AvgIpc) is 3.75. The van der Waals surface area contributed by atoms with Crippen molar-refractivity contribution in [3.8, 4) is 5.75 Å². The van der Waals surface area contributed by atoms with Gasteiger partial charge in [-0.1, -0.05) is 100 Å². The molecule has 1 aliphatic carbocycles. The maximum atomic E-state index is 14.5. The number of fused-ring (bicyclic) bond motifs is 3. The van der Waals surface area contributed by atoms with Crippen molar-refractivity contribution in [3.63, 3.8) is 0 Å². The highest BCUT2D eigenvalue weighted by Crippen LogP contribution is 2.52. The van der Waals surface area contributed by atoms with Crippen LogP contribution in [0.4, 0.5) is 32.0 Å². The Labute approximate surface area is 359 Å². The topological polar surface area (TPSA) is 76.1 Å². The number of hydrogen-bond donors (Lipinski definition) is 1. The van der Waals surface area contributed by atoms with Crippen LogP contribution in [0, 0.1) is 31.6 Å². The number of ether oxygens (including phenoxy) is 1. The lowest BCUT2D eigenvalue weighted by Crippen LogP contribution is -2.66. The minimum Gasteiger partial charge on any atom is -0.507 e. The highest BCUT2D eigenvalue weighted by Gasteiger charge is 2.58. The summed E-state index contributed by atoms with van der Waals surface area (Å²) in [6.07, 6.45) is -6.90. The van der Waals surface area contributed by atoms with Gasteiger partial charge in [-0.25, -0.2) is 4.90 Å². The zero-order chi connectivity index (χ0) is 44.9. The van der Waals surface area contributed by atoms with E-state index in [4.69, 9.17) is 9.16 Å². The van der Waals surface area contributed by atoms with Gasteiger partial charge in [0.1, 0.15) is 5.75 Å². The number of hydrogen-bond acceptors (Lipinski definition) is 5. The summed E-state index contributed by atoms with van der Waals surface area (Å²) in [5.74, 6) is -4.25. The van der Waals surface area contributed by atoms with Crippen molar-refractivity contribution in [2.24, 2.45) is 17.8 Å². The second kappa shape index (κ2) is 16.9. The van der Waals surface area contributed by atoms with E-state index in [1.54, 1.807) is 0 Å². The van der Waals surface area contributed by atoms with Crippen LogP contribution in [0.1, 0.15) is 81.2 Å². The third-order valence-electron chi connectivity index (χ3n) is 12.8. The lowest BCUT2D eigenvalue weighted by atomic mass is 9.69.